The minimum absolute atomic E-state index is 0.00202. The second-order valence-electron chi connectivity index (χ2n) is 7.15. The predicted octanol–water partition coefficient (Wildman–Crippen LogP) is 1.72. The van der Waals surface area contributed by atoms with E-state index >= 15 is 0 Å². The Morgan fingerprint density at radius 3 is 2.96 bits per heavy atom. The quantitative estimate of drug-likeness (QED) is 0.921. The number of hydrogen-bond donors (Lipinski definition) is 1. The molecule has 2 fully saturated rings. The molecule has 1 aromatic carbocycles. The number of aryl methyl sites for hydroxylation is 1. The first-order valence-corrected chi connectivity index (χ1v) is 8.68. The molecule has 134 valence electrons. The molecule has 0 aliphatic carbocycles. The number of likely N-dealkylation sites (tertiary alicyclic amines) is 1. The van der Waals surface area contributed by atoms with Gasteiger partial charge < -0.3 is 24.0 Å². The van der Waals surface area contributed by atoms with Crippen LogP contribution >= 0.6 is 0 Å². The third-order valence-electron chi connectivity index (χ3n) is 5.97. The van der Waals surface area contributed by atoms with Crippen LogP contribution in [0.1, 0.15) is 22.5 Å². The van der Waals surface area contributed by atoms with Gasteiger partial charge in [-0.3, -0.25) is 4.79 Å². The average molecular weight is 344 g/mol. The molecule has 2 saturated heterocycles. The first kappa shape index (κ1) is 16.4. The lowest BCUT2D eigenvalue weighted by Gasteiger charge is -2.25. The Kier molecular flexibility index (Phi) is 3.77. The van der Waals surface area contributed by atoms with Crippen LogP contribution in [-0.4, -0.2) is 59.5 Å². The number of nitrogens with zero attached hydrogens (tertiary/aromatic N) is 2. The van der Waals surface area contributed by atoms with E-state index in [1.165, 1.54) is 0 Å². The third-order valence-corrected chi connectivity index (χ3v) is 5.97. The van der Waals surface area contributed by atoms with E-state index < -0.39 is 5.60 Å². The molecule has 1 N–H and O–H groups in total. The van der Waals surface area contributed by atoms with Gasteiger partial charge in [0.1, 0.15) is 11.4 Å². The molecular weight excluding hydrogens is 320 g/mol. The van der Waals surface area contributed by atoms with Gasteiger partial charge >= 0.3 is 0 Å². The molecule has 2 atom stereocenters. The summed E-state index contributed by atoms with van der Waals surface area (Å²) in [6.45, 7) is 3.68. The third kappa shape index (κ3) is 2.28. The number of carbonyl (C=O) groups is 1. The molecule has 2 aromatic rings. The van der Waals surface area contributed by atoms with Crippen LogP contribution in [0.15, 0.2) is 18.2 Å². The molecule has 2 aliphatic heterocycles. The average Bonchev–Trinajstić information content (AvgIpc) is 3.24. The van der Waals surface area contributed by atoms with Crippen LogP contribution in [-0.2, 0) is 11.8 Å². The van der Waals surface area contributed by atoms with E-state index in [4.69, 9.17) is 9.47 Å². The van der Waals surface area contributed by atoms with Gasteiger partial charge in [-0.2, -0.15) is 0 Å². The van der Waals surface area contributed by atoms with Gasteiger partial charge in [0.2, 0.25) is 0 Å². The summed E-state index contributed by atoms with van der Waals surface area (Å²) < 4.78 is 13.2. The zero-order valence-electron chi connectivity index (χ0n) is 14.9. The molecule has 25 heavy (non-hydrogen) atoms. The van der Waals surface area contributed by atoms with Crippen molar-refractivity contribution in [3.63, 3.8) is 0 Å². The number of fused-ring (bicyclic) bond motifs is 2. The van der Waals surface area contributed by atoms with E-state index in [0.29, 0.717) is 25.3 Å². The smallest absolute Gasteiger partial charge is 0.256 e. The molecule has 3 heterocycles. The Balaban J connectivity index is 1.75. The molecule has 1 aromatic heterocycles. The normalized spacial score (nSPS) is 25.6. The van der Waals surface area contributed by atoms with Crippen molar-refractivity contribution in [1.82, 2.24) is 9.47 Å². The molecule has 6 heteroatoms. The van der Waals surface area contributed by atoms with Crippen LogP contribution < -0.4 is 4.74 Å². The summed E-state index contributed by atoms with van der Waals surface area (Å²) in [5, 5.41) is 10.7. The van der Waals surface area contributed by atoms with E-state index in [1.54, 1.807) is 7.11 Å². The number of rotatable bonds is 3. The summed E-state index contributed by atoms with van der Waals surface area (Å²) >= 11 is 0. The standard InChI is InChI=1S/C19H24N2O4/c1-12-17(15-8-14(24-3)4-5-16(15)20(12)2)18(23)21-9-13-6-7-25-19(13,10-21)11-22/h4-5,8,13,22H,6-7,9-11H2,1-3H3/t13-,19-/m0/s1. The van der Waals surface area contributed by atoms with Gasteiger partial charge in [-0.05, 0) is 31.5 Å². The fourth-order valence-electron chi connectivity index (χ4n) is 4.36. The number of hydrogen-bond acceptors (Lipinski definition) is 4. The highest BCUT2D eigenvalue weighted by Gasteiger charge is 2.52. The lowest BCUT2D eigenvalue weighted by atomic mass is 9.92. The van der Waals surface area contributed by atoms with E-state index in [2.05, 4.69) is 0 Å². The summed E-state index contributed by atoms with van der Waals surface area (Å²) in [5.41, 5.74) is 2.08. The Bertz CT molecular complexity index is 844. The highest BCUT2D eigenvalue weighted by molar-refractivity contribution is 6.09. The summed E-state index contributed by atoms with van der Waals surface area (Å²) in [4.78, 5) is 15.2. The van der Waals surface area contributed by atoms with Gasteiger partial charge in [-0.25, -0.2) is 0 Å². The Morgan fingerprint density at radius 1 is 1.48 bits per heavy atom. The van der Waals surface area contributed by atoms with Crippen LogP contribution in [0.5, 0.6) is 5.75 Å². The molecule has 0 unspecified atom stereocenters. The molecule has 6 nitrogen and oxygen atoms in total. The minimum atomic E-state index is -0.578. The van der Waals surface area contributed by atoms with Crippen LogP contribution in [0.2, 0.25) is 0 Å². The van der Waals surface area contributed by atoms with Gasteiger partial charge in [0, 0.05) is 42.7 Å². The zero-order valence-corrected chi connectivity index (χ0v) is 14.9. The highest BCUT2D eigenvalue weighted by atomic mass is 16.5. The van der Waals surface area contributed by atoms with E-state index in [1.807, 2.05) is 41.6 Å². The maximum absolute atomic E-state index is 13.3. The number of carbonyl (C=O) groups excluding carboxylic acids is 1. The topological polar surface area (TPSA) is 63.9 Å². The molecule has 1 amide bonds. The largest absolute Gasteiger partial charge is 0.497 e. The Hall–Kier alpha value is -2.05. The zero-order chi connectivity index (χ0) is 17.8. The van der Waals surface area contributed by atoms with Crippen molar-refractivity contribution in [1.29, 1.82) is 0 Å². The Morgan fingerprint density at radius 2 is 2.28 bits per heavy atom. The molecule has 0 spiro atoms. The fourth-order valence-corrected chi connectivity index (χ4v) is 4.36. The van der Waals surface area contributed by atoms with Crippen LogP contribution in [0.4, 0.5) is 0 Å². The van der Waals surface area contributed by atoms with Gasteiger partial charge in [0.15, 0.2) is 0 Å². The molecular formula is C19H24N2O4. The molecule has 4 rings (SSSR count). The lowest BCUT2D eigenvalue weighted by Crippen LogP contribution is -2.41. The van der Waals surface area contributed by atoms with Crippen molar-refractivity contribution in [3.8, 4) is 5.75 Å². The van der Waals surface area contributed by atoms with Crippen molar-refractivity contribution < 1.29 is 19.4 Å². The number of aliphatic hydroxyl groups excluding tert-OH is 1. The molecule has 0 saturated carbocycles. The SMILES string of the molecule is COc1ccc2c(c1)c(C(=O)N1C[C@@H]3CCO[C@]3(CO)C1)c(C)n2C. The monoisotopic (exact) mass is 344 g/mol. The fraction of sp³-hybridized carbons (Fsp3) is 0.526. The van der Waals surface area contributed by atoms with Gasteiger partial charge in [-0.15, -0.1) is 0 Å². The lowest BCUT2D eigenvalue weighted by molar-refractivity contribution is -0.0446. The molecule has 2 aliphatic rings. The van der Waals surface area contributed by atoms with Crippen LogP contribution in [0.3, 0.4) is 0 Å². The first-order valence-electron chi connectivity index (χ1n) is 8.68. The second-order valence-corrected chi connectivity index (χ2v) is 7.15. The van der Waals surface area contributed by atoms with E-state index in [-0.39, 0.29) is 18.4 Å². The van der Waals surface area contributed by atoms with Crippen LogP contribution in [0.25, 0.3) is 10.9 Å². The van der Waals surface area contributed by atoms with Gasteiger partial charge in [0.05, 0.1) is 25.8 Å². The van der Waals surface area contributed by atoms with Crippen molar-refractivity contribution in [2.24, 2.45) is 13.0 Å². The number of benzene rings is 1. The van der Waals surface area contributed by atoms with Crippen molar-refractivity contribution >= 4 is 16.8 Å². The summed E-state index contributed by atoms with van der Waals surface area (Å²) in [6.07, 6.45) is 0.896. The number of ether oxygens (including phenoxy) is 2. The first-order chi connectivity index (χ1) is 12.0. The highest BCUT2D eigenvalue weighted by Crippen LogP contribution is 2.40. The molecule has 0 radical (unpaired) electrons. The number of methoxy groups -OCH3 is 1. The summed E-state index contributed by atoms with van der Waals surface area (Å²) in [5.74, 6) is 0.953. The maximum atomic E-state index is 13.3. The van der Waals surface area contributed by atoms with Crippen LogP contribution in [0, 0.1) is 12.8 Å². The minimum Gasteiger partial charge on any atom is -0.497 e. The van der Waals surface area contributed by atoms with Crippen molar-refractivity contribution in [2.75, 3.05) is 33.4 Å². The summed E-state index contributed by atoms with van der Waals surface area (Å²) in [6, 6.07) is 5.81. The number of aliphatic hydroxyl groups is 1. The van der Waals surface area contributed by atoms with E-state index in [9.17, 15) is 9.90 Å². The number of aromatic nitrogens is 1. The van der Waals surface area contributed by atoms with Gasteiger partial charge in [0.25, 0.3) is 5.91 Å². The second kappa shape index (κ2) is 5.75. The Labute approximate surface area is 146 Å². The van der Waals surface area contributed by atoms with E-state index in [0.717, 1.165) is 28.8 Å². The predicted molar refractivity (Wildman–Crippen MR) is 94.0 cm³/mol. The molecule has 0 bridgehead atoms. The van der Waals surface area contributed by atoms with Gasteiger partial charge in [-0.1, -0.05) is 0 Å². The number of amides is 1. The van der Waals surface area contributed by atoms with Crippen molar-refractivity contribution in [3.05, 3.63) is 29.5 Å². The maximum Gasteiger partial charge on any atom is 0.256 e. The summed E-state index contributed by atoms with van der Waals surface area (Å²) in [7, 11) is 3.60. The van der Waals surface area contributed by atoms with Crippen molar-refractivity contribution in [2.45, 2.75) is 18.9 Å².